The number of nitrogens with one attached hydrogen (secondary N) is 2. The maximum absolute atomic E-state index is 14.6. The van der Waals surface area contributed by atoms with Gasteiger partial charge < -0.3 is 34.1 Å². The maximum Gasteiger partial charge on any atom is 0.291 e. The van der Waals surface area contributed by atoms with Gasteiger partial charge >= 0.3 is 0 Å². The summed E-state index contributed by atoms with van der Waals surface area (Å²) in [4.78, 5) is 47.4. The summed E-state index contributed by atoms with van der Waals surface area (Å²) in [5.41, 5.74) is 0.674. The Morgan fingerprint density at radius 2 is 1.73 bits per heavy atom. The van der Waals surface area contributed by atoms with Gasteiger partial charge in [0.15, 0.2) is 17.4 Å². The van der Waals surface area contributed by atoms with Crippen molar-refractivity contribution in [3.8, 4) is 17.0 Å². The van der Waals surface area contributed by atoms with Crippen LogP contribution >= 0.6 is 11.6 Å². The fraction of sp³-hybridized carbons (Fsp3) is 0.400. The van der Waals surface area contributed by atoms with Gasteiger partial charge in [0.25, 0.3) is 11.8 Å². The minimum absolute atomic E-state index is 0.00597. The largest absolute Gasteiger partial charge is 0.494 e. The van der Waals surface area contributed by atoms with Crippen LogP contribution in [-0.4, -0.2) is 104 Å². The van der Waals surface area contributed by atoms with Crippen molar-refractivity contribution in [2.75, 3.05) is 72.5 Å². The molecular weight excluding hydrogens is 598 g/mol. The van der Waals surface area contributed by atoms with Gasteiger partial charge in [-0.3, -0.25) is 14.4 Å². The average Bonchev–Trinajstić information content (AvgIpc) is 3.38. The van der Waals surface area contributed by atoms with Gasteiger partial charge in [-0.1, -0.05) is 11.6 Å². The van der Waals surface area contributed by atoms with Gasteiger partial charge in [-0.25, -0.2) is 9.37 Å². The number of imidazole rings is 1. The Morgan fingerprint density at radius 3 is 2.39 bits per heavy atom. The second-order valence-corrected chi connectivity index (χ2v) is 11.0. The molecule has 3 amide bonds. The highest BCUT2D eigenvalue weighted by molar-refractivity contribution is 6.34. The van der Waals surface area contributed by atoms with Crippen molar-refractivity contribution in [2.45, 2.75) is 6.42 Å². The van der Waals surface area contributed by atoms with Crippen LogP contribution in [0.4, 0.5) is 14.5 Å². The molecule has 0 bridgehead atoms. The number of anilines is 1. The molecule has 0 atom stereocenters. The Labute approximate surface area is 259 Å². The lowest BCUT2D eigenvalue weighted by Crippen LogP contribution is -3.06. The monoisotopic (exact) mass is 633 g/mol. The third-order valence-corrected chi connectivity index (χ3v) is 7.63. The average molecular weight is 634 g/mol. The molecule has 0 aliphatic carbocycles. The smallest absolute Gasteiger partial charge is 0.291 e. The zero-order valence-corrected chi connectivity index (χ0v) is 25.8. The molecule has 3 aromatic rings. The first-order valence-corrected chi connectivity index (χ1v) is 14.5. The lowest BCUT2D eigenvalue weighted by molar-refractivity contribution is -0.858. The van der Waals surface area contributed by atoms with Crippen molar-refractivity contribution in [2.24, 2.45) is 7.05 Å². The Morgan fingerprint density at radius 1 is 1.02 bits per heavy atom. The van der Waals surface area contributed by atoms with E-state index in [-0.39, 0.29) is 45.2 Å². The Kier molecular flexibility index (Phi) is 10.9. The number of quaternary nitrogens is 1. The Hall–Kier alpha value is -4.07. The highest BCUT2D eigenvalue weighted by atomic mass is 35.5. The minimum Gasteiger partial charge on any atom is -0.494 e. The zero-order valence-electron chi connectivity index (χ0n) is 25.1. The van der Waals surface area contributed by atoms with Crippen LogP contribution in [0, 0.1) is 11.6 Å². The van der Waals surface area contributed by atoms with Crippen LogP contribution in [0.5, 0.6) is 5.75 Å². The van der Waals surface area contributed by atoms with E-state index < -0.39 is 17.5 Å². The van der Waals surface area contributed by atoms with E-state index in [1.165, 1.54) is 60.2 Å². The fourth-order valence-electron chi connectivity index (χ4n) is 4.74. The van der Waals surface area contributed by atoms with E-state index in [0.717, 1.165) is 6.54 Å². The van der Waals surface area contributed by atoms with Crippen LogP contribution in [0.25, 0.3) is 11.3 Å². The first-order valence-electron chi connectivity index (χ1n) is 14.1. The molecule has 1 aromatic heterocycles. The van der Waals surface area contributed by atoms with Crippen LogP contribution in [0.3, 0.4) is 0 Å². The number of aromatic nitrogens is 2. The second-order valence-electron chi connectivity index (χ2n) is 10.6. The van der Waals surface area contributed by atoms with Gasteiger partial charge in [0.1, 0.15) is 6.54 Å². The van der Waals surface area contributed by atoms with Crippen LogP contribution in [0.2, 0.25) is 5.02 Å². The highest BCUT2D eigenvalue weighted by Crippen LogP contribution is 2.30. The van der Waals surface area contributed by atoms with Gasteiger partial charge in [-0.05, 0) is 30.3 Å². The number of carbonyl (C=O) groups excluding carboxylic acids is 3. The number of carbonyl (C=O) groups is 3. The topological polar surface area (TPSA) is 110 Å². The molecule has 0 radical (unpaired) electrons. The van der Waals surface area contributed by atoms with Crippen molar-refractivity contribution < 1.29 is 37.5 Å². The molecule has 44 heavy (non-hydrogen) atoms. The number of amides is 3. The molecule has 1 saturated heterocycles. The molecule has 2 aromatic carbocycles. The molecule has 2 N–H and O–H groups in total. The Balaban J connectivity index is 1.33. The number of hydrogen-bond acceptors (Lipinski definition) is 6. The lowest BCUT2D eigenvalue weighted by Gasteiger charge is -2.35. The van der Waals surface area contributed by atoms with E-state index in [1.54, 1.807) is 9.80 Å². The number of benzene rings is 2. The quantitative estimate of drug-likeness (QED) is 0.313. The number of hydrogen-bond donors (Lipinski definition) is 2. The van der Waals surface area contributed by atoms with Crippen LogP contribution < -0.4 is 15.0 Å². The van der Waals surface area contributed by atoms with Crippen LogP contribution in [0.15, 0.2) is 36.5 Å². The number of halogens is 3. The number of nitrogens with zero attached hydrogens (tertiary/aromatic N) is 4. The molecule has 1 aliphatic heterocycles. The van der Waals surface area contributed by atoms with Gasteiger partial charge in [-0.2, -0.15) is 4.39 Å². The number of methoxy groups -OCH3 is 1. The SMILES string of the molecule is COc1ccc(-c2cnc(C(=O)Nc3ccc(C(=O)N4CCN(C(=O)CCOCC[NH+](C)C)CC4)c(Cl)c3)n2C)c(F)c1F. The normalized spacial score (nSPS) is 13.4. The standard InChI is InChI=1S/C30H35ClF2N6O5/c1-36(2)14-16-44-15-9-25(40)38-10-12-39(13-11-38)30(42)20-6-5-19(17-22(20)31)35-29(41)28-34-18-23(37(28)3)21-7-8-24(43-4)27(33)26(21)32/h5-8,17-18H,9-16H2,1-4H3,(H,35,41)/p+1. The van der Waals surface area contributed by atoms with Crippen molar-refractivity contribution in [3.63, 3.8) is 0 Å². The molecule has 14 heteroatoms. The van der Waals surface area contributed by atoms with Gasteiger partial charge in [0.2, 0.25) is 11.7 Å². The highest BCUT2D eigenvalue weighted by Gasteiger charge is 2.26. The van der Waals surface area contributed by atoms with E-state index in [4.69, 9.17) is 21.1 Å². The first-order chi connectivity index (χ1) is 21.0. The summed E-state index contributed by atoms with van der Waals surface area (Å²) >= 11 is 6.44. The molecule has 4 rings (SSSR count). The summed E-state index contributed by atoms with van der Waals surface area (Å²) < 4.78 is 40.5. The van der Waals surface area contributed by atoms with Crippen molar-refractivity contribution in [1.82, 2.24) is 19.4 Å². The summed E-state index contributed by atoms with van der Waals surface area (Å²) in [5.74, 6) is -3.47. The number of rotatable bonds is 11. The third-order valence-electron chi connectivity index (χ3n) is 7.32. The fourth-order valence-corrected chi connectivity index (χ4v) is 5.00. The van der Waals surface area contributed by atoms with Crippen LogP contribution in [0.1, 0.15) is 27.4 Å². The molecule has 0 unspecified atom stereocenters. The van der Waals surface area contributed by atoms with Crippen molar-refractivity contribution in [1.29, 1.82) is 0 Å². The lowest BCUT2D eigenvalue weighted by atomic mass is 10.1. The molecule has 0 spiro atoms. The van der Waals surface area contributed by atoms with Gasteiger partial charge in [0.05, 0.1) is 63.3 Å². The zero-order chi connectivity index (χ0) is 32.0. The van der Waals surface area contributed by atoms with Crippen molar-refractivity contribution in [3.05, 3.63) is 64.6 Å². The van der Waals surface area contributed by atoms with Crippen molar-refractivity contribution >= 4 is 35.0 Å². The van der Waals surface area contributed by atoms with Crippen LogP contribution in [-0.2, 0) is 16.6 Å². The molecule has 1 fully saturated rings. The van der Waals surface area contributed by atoms with E-state index >= 15 is 0 Å². The maximum atomic E-state index is 14.6. The minimum atomic E-state index is -1.14. The molecule has 2 heterocycles. The molecule has 0 saturated carbocycles. The predicted octanol–water partition coefficient (Wildman–Crippen LogP) is 2.12. The molecule has 236 valence electrons. The van der Waals surface area contributed by atoms with E-state index in [9.17, 15) is 23.2 Å². The molecule has 11 nitrogen and oxygen atoms in total. The predicted molar refractivity (Wildman–Crippen MR) is 160 cm³/mol. The van der Waals surface area contributed by atoms with E-state index in [0.29, 0.717) is 51.5 Å². The summed E-state index contributed by atoms with van der Waals surface area (Å²) in [6, 6.07) is 7.14. The first kappa shape index (κ1) is 32.8. The second kappa shape index (κ2) is 14.6. The van der Waals surface area contributed by atoms with Gasteiger partial charge in [-0.15, -0.1) is 0 Å². The summed E-state index contributed by atoms with van der Waals surface area (Å²) in [6.45, 7) is 3.39. The summed E-state index contributed by atoms with van der Waals surface area (Å²) in [5, 5.41) is 2.81. The van der Waals surface area contributed by atoms with Gasteiger partial charge in [0, 0.05) is 44.5 Å². The van der Waals surface area contributed by atoms with E-state index in [1.807, 2.05) is 14.1 Å². The summed E-state index contributed by atoms with van der Waals surface area (Å²) in [7, 11) is 6.81. The summed E-state index contributed by atoms with van der Waals surface area (Å²) in [6.07, 6.45) is 1.56. The number of piperazine rings is 1. The van der Waals surface area contributed by atoms with E-state index in [2.05, 4.69) is 10.3 Å². The molecular formula is C30H36ClF2N6O5+. The third kappa shape index (κ3) is 7.52. The number of ether oxygens (including phenoxy) is 2. The Bertz CT molecular complexity index is 1520. The molecule has 1 aliphatic rings. The number of likely N-dealkylation sites (N-methyl/N-ethyl adjacent to an activating group) is 1.